The summed E-state index contributed by atoms with van der Waals surface area (Å²) in [5, 5.41) is 2.99. The number of nitrogens with zero attached hydrogens (tertiary/aromatic N) is 3. The Morgan fingerprint density at radius 2 is 1.81 bits per heavy atom. The summed E-state index contributed by atoms with van der Waals surface area (Å²) in [6.45, 7) is 1.86. The zero-order valence-corrected chi connectivity index (χ0v) is 15.1. The third-order valence-electron chi connectivity index (χ3n) is 4.17. The Morgan fingerprint density at radius 1 is 1.12 bits per heavy atom. The Bertz CT molecular complexity index is 805. The zero-order valence-electron chi connectivity index (χ0n) is 14.4. The van der Waals surface area contributed by atoms with Crippen LogP contribution in [0.1, 0.15) is 40.0 Å². The summed E-state index contributed by atoms with van der Waals surface area (Å²) in [5.41, 5.74) is 0.925. The van der Waals surface area contributed by atoms with E-state index in [1.54, 1.807) is 0 Å². The van der Waals surface area contributed by atoms with Crippen LogP contribution >= 0.6 is 11.6 Å². The second kappa shape index (κ2) is 8.14. The quantitative estimate of drug-likeness (QED) is 0.827. The number of aromatic nitrogens is 2. The largest absolute Gasteiger partial charge is 0.465 e. The van der Waals surface area contributed by atoms with E-state index in [2.05, 4.69) is 24.9 Å². The van der Waals surface area contributed by atoms with E-state index in [0.717, 1.165) is 25.9 Å². The number of esters is 1. The van der Waals surface area contributed by atoms with Crippen molar-refractivity contribution in [1.82, 2.24) is 9.97 Å². The molecule has 8 heteroatoms. The van der Waals surface area contributed by atoms with Crippen LogP contribution in [0.4, 0.5) is 11.6 Å². The topological polar surface area (TPSA) is 84.4 Å². The molecule has 0 spiro atoms. The van der Waals surface area contributed by atoms with Gasteiger partial charge in [0.15, 0.2) is 0 Å². The molecule has 1 fully saturated rings. The number of halogens is 1. The number of benzene rings is 1. The number of hydrogen-bond acceptors (Lipinski definition) is 6. The van der Waals surface area contributed by atoms with Crippen molar-refractivity contribution in [2.75, 3.05) is 30.4 Å². The van der Waals surface area contributed by atoms with Gasteiger partial charge in [0.2, 0.25) is 5.95 Å². The SMILES string of the molecule is COC(=O)c1ccc(Cl)c(NC(=O)c2cnc(N3CCCCC3)nc2)c1. The van der Waals surface area contributed by atoms with E-state index in [4.69, 9.17) is 11.6 Å². The lowest BCUT2D eigenvalue weighted by atomic mass is 10.1. The Hall–Kier alpha value is -2.67. The van der Waals surface area contributed by atoms with Crippen LogP contribution in [-0.2, 0) is 4.74 Å². The molecular weight excluding hydrogens is 356 g/mol. The van der Waals surface area contributed by atoms with Gasteiger partial charge in [0.05, 0.1) is 28.9 Å². The number of hydrogen-bond donors (Lipinski definition) is 1. The summed E-state index contributed by atoms with van der Waals surface area (Å²) in [6.07, 6.45) is 6.46. The predicted molar refractivity (Wildman–Crippen MR) is 98.8 cm³/mol. The highest BCUT2D eigenvalue weighted by molar-refractivity contribution is 6.34. The molecule has 7 nitrogen and oxygen atoms in total. The fourth-order valence-electron chi connectivity index (χ4n) is 2.76. The summed E-state index contributed by atoms with van der Waals surface area (Å²) in [7, 11) is 1.29. The lowest BCUT2D eigenvalue weighted by Gasteiger charge is -2.26. The van der Waals surface area contributed by atoms with Crippen molar-refractivity contribution in [2.24, 2.45) is 0 Å². The first-order chi connectivity index (χ1) is 12.6. The third kappa shape index (κ3) is 4.11. The Labute approximate surface area is 156 Å². The van der Waals surface area contributed by atoms with Gasteiger partial charge in [0.25, 0.3) is 5.91 Å². The number of rotatable bonds is 4. The highest BCUT2D eigenvalue weighted by Crippen LogP contribution is 2.24. The van der Waals surface area contributed by atoms with Gasteiger partial charge in [0, 0.05) is 25.5 Å². The van der Waals surface area contributed by atoms with Gasteiger partial charge in [-0.05, 0) is 37.5 Å². The second-order valence-electron chi connectivity index (χ2n) is 5.96. The molecular formula is C18H19ClN4O3. The van der Waals surface area contributed by atoms with Crippen molar-refractivity contribution in [3.63, 3.8) is 0 Å². The van der Waals surface area contributed by atoms with E-state index >= 15 is 0 Å². The minimum atomic E-state index is -0.508. The number of nitrogens with one attached hydrogen (secondary N) is 1. The lowest BCUT2D eigenvalue weighted by Crippen LogP contribution is -2.31. The zero-order chi connectivity index (χ0) is 18.5. The maximum absolute atomic E-state index is 12.4. The van der Waals surface area contributed by atoms with Crippen LogP contribution in [0.3, 0.4) is 0 Å². The van der Waals surface area contributed by atoms with E-state index in [9.17, 15) is 9.59 Å². The third-order valence-corrected chi connectivity index (χ3v) is 4.50. The number of amides is 1. The molecule has 0 unspecified atom stereocenters. The van der Waals surface area contributed by atoms with E-state index in [1.807, 2.05) is 0 Å². The minimum absolute atomic E-state index is 0.295. The molecule has 1 aliphatic rings. The average Bonchev–Trinajstić information content (AvgIpc) is 2.69. The van der Waals surface area contributed by atoms with Crippen molar-refractivity contribution >= 4 is 35.1 Å². The van der Waals surface area contributed by atoms with Crippen LogP contribution in [0.25, 0.3) is 0 Å². The van der Waals surface area contributed by atoms with Crippen LogP contribution < -0.4 is 10.2 Å². The lowest BCUT2D eigenvalue weighted by molar-refractivity contribution is 0.0600. The van der Waals surface area contributed by atoms with Gasteiger partial charge in [-0.1, -0.05) is 11.6 Å². The van der Waals surface area contributed by atoms with Gasteiger partial charge in [-0.25, -0.2) is 14.8 Å². The summed E-state index contributed by atoms with van der Waals surface area (Å²) in [6, 6.07) is 4.52. The number of ether oxygens (including phenoxy) is 1. The van der Waals surface area contributed by atoms with Crippen molar-refractivity contribution in [3.05, 3.63) is 46.7 Å². The summed E-state index contributed by atoms with van der Waals surface area (Å²) in [4.78, 5) is 34.7. The number of carbonyl (C=O) groups is 2. The van der Waals surface area contributed by atoms with Crippen LogP contribution in [0, 0.1) is 0 Å². The van der Waals surface area contributed by atoms with Gasteiger partial charge in [-0.3, -0.25) is 4.79 Å². The predicted octanol–water partition coefficient (Wildman–Crippen LogP) is 3.16. The molecule has 0 saturated carbocycles. The van der Waals surface area contributed by atoms with Gasteiger partial charge in [-0.15, -0.1) is 0 Å². The van der Waals surface area contributed by atoms with Crippen molar-refractivity contribution < 1.29 is 14.3 Å². The van der Waals surface area contributed by atoms with Gasteiger partial charge < -0.3 is 15.0 Å². The van der Waals surface area contributed by atoms with Crippen LogP contribution in [0.15, 0.2) is 30.6 Å². The molecule has 0 radical (unpaired) electrons. The summed E-state index contributed by atoms with van der Waals surface area (Å²) < 4.78 is 4.67. The molecule has 0 aliphatic carbocycles. The number of piperidine rings is 1. The average molecular weight is 375 g/mol. The van der Waals surface area contributed by atoms with Crippen LogP contribution in [-0.4, -0.2) is 42.0 Å². The summed E-state index contributed by atoms with van der Waals surface area (Å²) in [5.74, 6) is -0.280. The molecule has 26 heavy (non-hydrogen) atoms. The van der Waals surface area contributed by atoms with E-state index in [-0.39, 0.29) is 0 Å². The van der Waals surface area contributed by atoms with Crippen molar-refractivity contribution in [2.45, 2.75) is 19.3 Å². The normalized spacial score (nSPS) is 14.0. The number of anilines is 2. The van der Waals surface area contributed by atoms with Crippen molar-refractivity contribution in [3.8, 4) is 0 Å². The molecule has 2 heterocycles. The van der Waals surface area contributed by atoms with Crippen LogP contribution in [0.5, 0.6) is 0 Å². The highest BCUT2D eigenvalue weighted by Gasteiger charge is 2.16. The Kier molecular flexibility index (Phi) is 5.68. The molecule has 2 aromatic rings. The highest BCUT2D eigenvalue weighted by atomic mass is 35.5. The standard InChI is InChI=1S/C18H19ClN4O3/c1-26-17(25)12-5-6-14(19)15(9-12)22-16(24)13-10-20-18(21-11-13)23-7-3-2-4-8-23/h5-6,9-11H,2-4,7-8H2,1H3,(H,22,24). The Balaban J connectivity index is 1.72. The molecule has 1 N–H and O–H groups in total. The molecule has 1 aromatic carbocycles. The second-order valence-corrected chi connectivity index (χ2v) is 6.37. The smallest absolute Gasteiger partial charge is 0.337 e. The van der Waals surface area contributed by atoms with Gasteiger partial charge >= 0.3 is 5.97 Å². The maximum atomic E-state index is 12.4. The maximum Gasteiger partial charge on any atom is 0.337 e. The van der Waals surface area contributed by atoms with E-state index in [1.165, 1.54) is 44.1 Å². The molecule has 1 saturated heterocycles. The minimum Gasteiger partial charge on any atom is -0.465 e. The monoisotopic (exact) mass is 374 g/mol. The fourth-order valence-corrected chi connectivity index (χ4v) is 2.92. The molecule has 136 valence electrons. The first-order valence-corrected chi connectivity index (χ1v) is 8.72. The van der Waals surface area contributed by atoms with E-state index < -0.39 is 11.9 Å². The molecule has 1 amide bonds. The molecule has 0 bridgehead atoms. The summed E-state index contributed by atoms with van der Waals surface area (Å²) >= 11 is 6.10. The molecule has 1 aromatic heterocycles. The van der Waals surface area contributed by atoms with Crippen molar-refractivity contribution in [1.29, 1.82) is 0 Å². The fraction of sp³-hybridized carbons (Fsp3) is 0.333. The molecule has 3 rings (SSSR count). The van der Waals surface area contributed by atoms with Gasteiger partial charge in [-0.2, -0.15) is 0 Å². The molecule has 1 aliphatic heterocycles. The number of carbonyl (C=O) groups excluding carboxylic acids is 2. The first-order valence-electron chi connectivity index (χ1n) is 8.34. The number of methoxy groups -OCH3 is 1. The molecule has 0 atom stereocenters. The Morgan fingerprint density at radius 3 is 2.46 bits per heavy atom. The van der Waals surface area contributed by atoms with Crippen LogP contribution in [0.2, 0.25) is 5.02 Å². The first kappa shape index (κ1) is 18.1. The van der Waals surface area contributed by atoms with Gasteiger partial charge in [0.1, 0.15) is 0 Å². The van der Waals surface area contributed by atoms with E-state index in [0.29, 0.717) is 27.8 Å².